The van der Waals surface area contributed by atoms with Crippen LogP contribution in [-0.4, -0.2) is 54.1 Å². The molecule has 4 rings (SSSR count). The molecule has 3 N–H and O–H groups in total. The highest BCUT2D eigenvalue weighted by Gasteiger charge is 2.45. The van der Waals surface area contributed by atoms with Crippen LogP contribution in [0.25, 0.3) is 10.2 Å². The SMILES string of the molecule is CN(C)CCNc1ccc2nc(CNC(=O)C3(CC(=O)O)Cc4ccccc4C3)sc2c1. The Hall–Kier alpha value is -2.97. The Kier molecular flexibility index (Phi) is 6.43. The zero-order valence-electron chi connectivity index (χ0n) is 18.4. The highest BCUT2D eigenvalue weighted by molar-refractivity contribution is 7.18. The van der Waals surface area contributed by atoms with Crippen molar-refractivity contribution in [2.45, 2.75) is 25.8 Å². The Bertz CT molecular complexity index is 1120. The van der Waals surface area contributed by atoms with E-state index in [4.69, 9.17) is 0 Å². The molecule has 1 aliphatic rings. The summed E-state index contributed by atoms with van der Waals surface area (Å²) in [6.07, 6.45) is 0.710. The smallest absolute Gasteiger partial charge is 0.304 e. The highest BCUT2D eigenvalue weighted by atomic mass is 32.1. The van der Waals surface area contributed by atoms with Crippen molar-refractivity contribution in [2.75, 3.05) is 32.5 Å². The Morgan fingerprint density at radius 2 is 1.88 bits per heavy atom. The van der Waals surface area contributed by atoms with Crippen LogP contribution in [0.4, 0.5) is 5.69 Å². The van der Waals surface area contributed by atoms with Crippen LogP contribution in [0.2, 0.25) is 0 Å². The molecule has 0 unspecified atom stereocenters. The number of fused-ring (bicyclic) bond motifs is 2. The van der Waals surface area contributed by atoms with Gasteiger partial charge in [0.1, 0.15) is 5.01 Å². The number of carbonyl (C=O) groups is 2. The molecule has 1 amide bonds. The monoisotopic (exact) mass is 452 g/mol. The van der Waals surface area contributed by atoms with Crippen molar-refractivity contribution in [1.29, 1.82) is 0 Å². The van der Waals surface area contributed by atoms with Gasteiger partial charge in [-0.2, -0.15) is 0 Å². The fourth-order valence-corrected chi connectivity index (χ4v) is 5.22. The summed E-state index contributed by atoms with van der Waals surface area (Å²) in [6, 6.07) is 13.9. The lowest BCUT2D eigenvalue weighted by molar-refractivity contribution is -0.145. The van der Waals surface area contributed by atoms with E-state index in [1.165, 1.54) is 0 Å². The predicted octanol–water partition coefficient (Wildman–Crippen LogP) is 3.15. The number of benzene rings is 2. The summed E-state index contributed by atoms with van der Waals surface area (Å²) in [4.78, 5) is 31.5. The molecule has 2 aromatic carbocycles. The van der Waals surface area contributed by atoms with Crippen molar-refractivity contribution in [3.05, 3.63) is 58.6 Å². The van der Waals surface area contributed by atoms with Crippen molar-refractivity contribution in [2.24, 2.45) is 5.41 Å². The largest absolute Gasteiger partial charge is 0.481 e. The lowest BCUT2D eigenvalue weighted by Crippen LogP contribution is -2.43. The van der Waals surface area contributed by atoms with Crippen LogP contribution < -0.4 is 10.6 Å². The molecule has 7 nitrogen and oxygen atoms in total. The van der Waals surface area contributed by atoms with Gasteiger partial charge in [0.15, 0.2) is 0 Å². The number of aromatic nitrogens is 1. The van der Waals surface area contributed by atoms with Crippen LogP contribution in [0, 0.1) is 5.41 Å². The van der Waals surface area contributed by atoms with Crippen molar-refractivity contribution in [3.63, 3.8) is 0 Å². The minimum Gasteiger partial charge on any atom is -0.481 e. The lowest BCUT2D eigenvalue weighted by atomic mass is 9.80. The summed E-state index contributed by atoms with van der Waals surface area (Å²) in [6.45, 7) is 2.09. The van der Waals surface area contributed by atoms with Crippen molar-refractivity contribution in [3.8, 4) is 0 Å². The second-order valence-electron chi connectivity index (χ2n) is 8.68. The zero-order chi connectivity index (χ0) is 22.7. The van der Waals surface area contributed by atoms with Crippen molar-refractivity contribution in [1.82, 2.24) is 15.2 Å². The number of anilines is 1. The van der Waals surface area contributed by atoms with Crippen LogP contribution in [0.5, 0.6) is 0 Å². The third kappa shape index (κ3) is 4.92. The Labute approximate surface area is 191 Å². The van der Waals surface area contributed by atoms with Crippen LogP contribution >= 0.6 is 11.3 Å². The molecule has 3 aromatic rings. The summed E-state index contributed by atoms with van der Waals surface area (Å²) < 4.78 is 1.05. The van der Waals surface area contributed by atoms with Crippen LogP contribution in [0.15, 0.2) is 42.5 Å². The summed E-state index contributed by atoms with van der Waals surface area (Å²) >= 11 is 1.54. The summed E-state index contributed by atoms with van der Waals surface area (Å²) in [7, 11) is 4.08. The average molecular weight is 453 g/mol. The molecule has 1 aliphatic carbocycles. The normalized spacial score (nSPS) is 14.5. The Morgan fingerprint density at radius 3 is 2.53 bits per heavy atom. The number of hydrogen-bond donors (Lipinski definition) is 3. The summed E-state index contributed by atoms with van der Waals surface area (Å²) in [5.74, 6) is -1.18. The third-order valence-corrected chi connectivity index (χ3v) is 6.89. The predicted molar refractivity (Wildman–Crippen MR) is 127 cm³/mol. The summed E-state index contributed by atoms with van der Waals surface area (Å²) in [5, 5.41) is 16.6. The van der Waals surface area contributed by atoms with E-state index in [1.807, 2.05) is 50.5 Å². The number of thiazole rings is 1. The first kappa shape index (κ1) is 22.2. The molecule has 32 heavy (non-hydrogen) atoms. The number of hydrogen-bond acceptors (Lipinski definition) is 6. The molecule has 168 valence electrons. The maximum absolute atomic E-state index is 13.2. The van der Waals surface area contributed by atoms with Gasteiger partial charge in [0.2, 0.25) is 5.91 Å². The van der Waals surface area contributed by atoms with Gasteiger partial charge in [-0.1, -0.05) is 24.3 Å². The van der Waals surface area contributed by atoms with Gasteiger partial charge in [-0.05, 0) is 56.3 Å². The molecule has 0 bridgehead atoms. The third-order valence-electron chi connectivity index (χ3n) is 5.87. The topological polar surface area (TPSA) is 94.6 Å². The molecule has 0 atom stereocenters. The maximum atomic E-state index is 13.2. The first-order valence-corrected chi connectivity index (χ1v) is 11.5. The van der Waals surface area contributed by atoms with Crippen molar-refractivity contribution < 1.29 is 14.7 Å². The number of amides is 1. The van der Waals surface area contributed by atoms with E-state index in [1.54, 1.807) is 11.3 Å². The molecular weight excluding hydrogens is 424 g/mol. The van der Waals surface area contributed by atoms with E-state index < -0.39 is 11.4 Å². The van der Waals surface area contributed by atoms with Gasteiger partial charge in [0.05, 0.1) is 28.6 Å². The van der Waals surface area contributed by atoms with Gasteiger partial charge in [0, 0.05) is 18.8 Å². The summed E-state index contributed by atoms with van der Waals surface area (Å²) in [5.41, 5.74) is 3.10. The maximum Gasteiger partial charge on any atom is 0.304 e. The standard InChI is InChI=1S/C24H28N4O3S/c1-28(2)10-9-25-18-7-8-19-20(11-18)32-21(27-19)15-26-23(31)24(14-22(29)30)12-16-5-3-4-6-17(16)13-24/h3-8,11,25H,9-10,12-15H2,1-2H3,(H,26,31)(H,29,30). The zero-order valence-corrected chi connectivity index (χ0v) is 19.2. The number of nitrogens with zero attached hydrogens (tertiary/aromatic N) is 2. The molecule has 0 saturated carbocycles. The van der Waals surface area contributed by atoms with Gasteiger partial charge in [0.25, 0.3) is 0 Å². The van der Waals surface area contributed by atoms with Gasteiger partial charge in [-0.25, -0.2) is 4.98 Å². The van der Waals surface area contributed by atoms with Gasteiger partial charge in [-0.3, -0.25) is 9.59 Å². The quantitative estimate of drug-likeness (QED) is 0.462. The number of carboxylic acids is 1. The fourth-order valence-electron chi connectivity index (χ4n) is 4.27. The van der Waals surface area contributed by atoms with Crippen LogP contribution in [-0.2, 0) is 29.0 Å². The molecule has 1 aromatic heterocycles. The van der Waals surface area contributed by atoms with E-state index >= 15 is 0 Å². The van der Waals surface area contributed by atoms with Gasteiger partial charge in [-0.15, -0.1) is 11.3 Å². The molecule has 1 heterocycles. The molecule has 0 aliphatic heterocycles. The van der Waals surface area contributed by atoms with Crippen LogP contribution in [0.1, 0.15) is 22.6 Å². The second kappa shape index (κ2) is 9.26. The molecule has 8 heteroatoms. The number of rotatable bonds is 9. The van der Waals surface area contributed by atoms with E-state index in [0.717, 1.165) is 45.1 Å². The number of aliphatic carboxylic acids is 1. The van der Waals surface area contributed by atoms with Crippen LogP contribution in [0.3, 0.4) is 0 Å². The molecular formula is C24H28N4O3S. The lowest BCUT2D eigenvalue weighted by Gasteiger charge is -2.25. The van der Waals surface area contributed by atoms with Gasteiger partial charge >= 0.3 is 5.97 Å². The van der Waals surface area contributed by atoms with Crippen molar-refractivity contribution >= 4 is 39.1 Å². The molecule has 0 radical (unpaired) electrons. The van der Waals surface area contributed by atoms with E-state index in [-0.39, 0.29) is 12.3 Å². The van der Waals surface area contributed by atoms with E-state index in [0.29, 0.717) is 19.4 Å². The average Bonchev–Trinajstić information content (AvgIpc) is 3.31. The van der Waals surface area contributed by atoms with E-state index in [9.17, 15) is 14.7 Å². The Balaban J connectivity index is 1.43. The number of carboxylic acid groups (broad SMARTS) is 1. The number of likely N-dealkylation sites (N-methyl/N-ethyl adjacent to an activating group) is 1. The minimum atomic E-state index is -0.956. The molecule has 0 fully saturated rings. The second-order valence-corrected chi connectivity index (χ2v) is 9.79. The molecule has 0 saturated heterocycles. The van der Waals surface area contributed by atoms with Gasteiger partial charge < -0.3 is 20.6 Å². The highest BCUT2D eigenvalue weighted by Crippen LogP contribution is 2.40. The number of nitrogens with one attached hydrogen (secondary N) is 2. The van der Waals surface area contributed by atoms with E-state index in [2.05, 4.69) is 26.6 Å². The number of carbonyl (C=O) groups excluding carboxylic acids is 1. The molecule has 0 spiro atoms. The Morgan fingerprint density at radius 1 is 1.16 bits per heavy atom. The first-order valence-electron chi connectivity index (χ1n) is 10.7. The minimum absolute atomic E-state index is 0.185. The first-order chi connectivity index (χ1) is 15.3. The fraction of sp³-hybridized carbons (Fsp3) is 0.375.